The molecule has 2 aromatic rings. The van der Waals surface area contributed by atoms with Gasteiger partial charge in [0.1, 0.15) is 10.0 Å². The Labute approximate surface area is 98.8 Å². The van der Waals surface area contributed by atoms with Crippen LogP contribution in [0.4, 0.5) is 0 Å². The van der Waals surface area contributed by atoms with Gasteiger partial charge < -0.3 is 5.32 Å². The van der Waals surface area contributed by atoms with Crippen LogP contribution in [-0.4, -0.2) is 21.7 Å². The summed E-state index contributed by atoms with van der Waals surface area (Å²) in [5, 5.41) is 13.5. The highest BCUT2D eigenvalue weighted by molar-refractivity contribution is 7.14. The van der Waals surface area contributed by atoms with Gasteiger partial charge in [-0.25, -0.2) is 0 Å². The number of rotatable bonds is 4. The second kappa shape index (κ2) is 5.14. The molecule has 2 rings (SSSR count). The number of aromatic nitrogens is 3. The molecule has 16 heavy (non-hydrogen) atoms. The van der Waals surface area contributed by atoms with Crippen LogP contribution in [0, 0.1) is 6.92 Å². The highest BCUT2D eigenvalue weighted by Crippen LogP contribution is 2.24. The van der Waals surface area contributed by atoms with Crippen LogP contribution in [0.2, 0.25) is 0 Å². The highest BCUT2D eigenvalue weighted by Gasteiger charge is 2.08. The molecule has 2 heterocycles. The molecule has 0 bridgehead atoms. The first-order valence-electron chi connectivity index (χ1n) is 5.26. The SMILES string of the molecule is CCNCc1nnc(-c2cccnc2C)s1. The maximum atomic E-state index is 4.25. The van der Waals surface area contributed by atoms with E-state index in [1.54, 1.807) is 17.5 Å². The van der Waals surface area contributed by atoms with Crippen LogP contribution in [0.5, 0.6) is 0 Å². The van der Waals surface area contributed by atoms with Gasteiger partial charge in [-0.1, -0.05) is 18.3 Å². The maximum Gasteiger partial charge on any atom is 0.149 e. The van der Waals surface area contributed by atoms with E-state index in [-0.39, 0.29) is 0 Å². The molecule has 0 atom stereocenters. The molecule has 0 saturated carbocycles. The van der Waals surface area contributed by atoms with Gasteiger partial charge in [0.05, 0.1) is 0 Å². The molecular formula is C11H14N4S. The second-order valence-electron chi connectivity index (χ2n) is 3.42. The Hall–Kier alpha value is -1.33. The first-order valence-corrected chi connectivity index (χ1v) is 6.08. The van der Waals surface area contributed by atoms with Gasteiger partial charge in [0.2, 0.25) is 0 Å². The molecule has 4 nitrogen and oxygen atoms in total. The van der Waals surface area contributed by atoms with Crippen LogP contribution in [0.25, 0.3) is 10.6 Å². The van der Waals surface area contributed by atoms with Crippen LogP contribution >= 0.6 is 11.3 Å². The van der Waals surface area contributed by atoms with Crippen molar-refractivity contribution in [3.05, 3.63) is 29.0 Å². The molecule has 2 aromatic heterocycles. The van der Waals surface area contributed by atoms with E-state index in [0.29, 0.717) is 0 Å². The third-order valence-electron chi connectivity index (χ3n) is 2.23. The van der Waals surface area contributed by atoms with Crippen LogP contribution < -0.4 is 5.32 Å². The molecule has 0 aliphatic heterocycles. The summed E-state index contributed by atoms with van der Waals surface area (Å²) in [7, 11) is 0. The number of nitrogens with one attached hydrogen (secondary N) is 1. The molecular weight excluding hydrogens is 220 g/mol. The van der Waals surface area contributed by atoms with E-state index in [0.717, 1.165) is 34.4 Å². The summed E-state index contributed by atoms with van der Waals surface area (Å²) in [6.45, 7) is 5.79. The Bertz CT molecular complexity index is 467. The minimum absolute atomic E-state index is 0.785. The quantitative estimate of drug-likeness (QED) is 0.879. The fourth-order valence-corrected chi connectivity index (χ4v) is 2.26. The molecule has 84 valence electrons. The Kier molecular flexibility index (Phi) is 3.58. The van der Waals surface area contributed by atoms with Crippen molar-refractivity contribution in [2.24, 2.45) is 0 Å². The molecule has 0 saturated heterocycles. The van der Waals surface area contributed by atoms with Crippen molar-refractivity contribution >= 4 is 11.3 Å². The number of hydrogen-bond acceptors (Lipinski definition) is 5. The van der Waals surface area contributed by atoms with Crippen LogP contribution in [0.3, 0.4) is 0 Å². The van der Waals surface area contributed by atoms with Crippen molar-refractivity contribution in [3.63, 3.8) is 0 Å². The zero-order chi connectivity index (χ0) is 11.4. The van der Waals surface area contributed by atoms with E-state index >= 15 is 0 Å². The first-order chi connectivity index (χ1) is 7.81. The summed E-state index contributed by atoms with van der Waals surface area (Å²) in [4.78, 5) is 4.25. The van der Waals surface area contributed by atoms with E-state index in [1.807, 2.05) is 19.1 Å². The number of nitrogens with zero attached hydrogens (tertiary/aromatic N) is 3. The maximum absolute atomic E-state index is 4.25. The van der Waals surface area contributed by atoms with Crippen molar-refractivity contribution in [2.45, 2.75) is 20.4 Å². The lowest BCUT2D eigenvalue weighted by Gasteiger charge is -1.98. The molecule has 0 unspecified atom stereocenters. The Morgan fingerprint density at radius 1 is 1.38 bits per heavy atom. The fourth-order valence-electron chi connectivity index (χ4n) is 1.38. The van der Waals surface area contributed by atoms with Crippen LogP contribution in [0.15, 0.2) is 18.3 Å². The van der Waals surface area contributed by atoms with Gasteiger partial charge in [0.25, 0.3) is 0 Å². The summed E-state index contributed by atoms with van der Waals surface area (Å²) < 4.78 is 0. The smallest absolute Gasteiger partial charge is 0.149 e. The van der Waals surface area contributed by atoms with Gasteiger partial charge in [-0.3, -0.25) is 4.98 Å². The molecule has 0 fully saturated rings. The topological polar surface area (TPSA) is 50.7 Å². The number of aryl methyl sites for hydroxylation is 1. The van der Waals surface area contributed by atoms with Crippen molar-refractivity contribution in [3.8, 4) is 10.6 Å². The zero-order valence-corrected chi connectivity index (χ0v) is 10.2. The molecule has 1 N–H and O–H groups in total. The lowest BCUT2D eigenvalue weighted by molar-refractivity contribution is 0.715. The third-order valence-corrected chi connectivity index (χ3v) is 3.19. The van der Waals surface area contributed by atoms with Gasteiger partial charge in [-0.05, 0) is 25.6 Å². The highest BCUT2D eigenvalue weighted by atomic mass is 32.1. The van der Waals surface area contributed by atoms with Crippen molar-refractivity contribution in [1.29, 1.82) is 0 Å². The third kappa shape index (κ3) is 2.43. The average Bonchev–Trinajstić information content (AvgIpc) is 2.75. The number of pyridine rings is 1. The van der Waals surface area contributed by atoms with Crippen molar-refractivity contribution in [1.82, 2.24) is 20.5 Å². The molecule has 0 radical (unpaired) electrons. The predicted octanol–water partition coefficient (Wildman–Crippen LogP) is 2.02. The van der Waals surface area contributed by atoms with E-state index in [4.69, 9.17) is 0 Å². The first kappa shape index (κ1) is 11.2. The lowest BCUT2D eigenvalue weighted by Crippen LogP contribution is -2.11. The monoisotopic (exact) mass is 234 g/mol. The standard InChI is InChI=1S/C11H14N4S/c1-3-12-7-10-14-15-11(16-10)9-5-4-6-13-8(9)2/h4-6,12H,3,7H2,1-2H3. The minimum Gasteiger partial charge on any atom is -0.311 e. The van der Waals surface area contributed by atoms with Crippen molar-refractivity contribution < 1.29 is 0 Å². The largest absolute Gasteiger partial charge is 0.311 e. The molecule has 0 amide bonds. The Balaban J connectivity index is 2.22. The lowest BCUT2D eigenvalue weighted by atomic mass is 10.2. The zero-order valence-electron chi connectivity index (χ0n) is 9.40. The van der Waals surface area contributed by atoms with Crippen LogP contribution in [-0.2, 0) is 6.54 Å². The van der Waals surface area contributed by atoms with Crippen molar-refractivity contribution in [2.75, 3.05) is 6.54 Å². The van der Waals surface area contributed by atoms with Gasteiger partial charge in [-0.2, -0.15) is 0 Å². The van der Waals surface area contributed by atoms with E-state index in [9.17, 15) is 0 Å². The Morgan fingerprint density at radius 2 is 2.25 bits per heavy atom. The summed E-state index contributed by atoms with van der Waals surface area (Å²) in [6, 6.07) is 3.95. The average molecular weight is 234 g/mol. The molecule has 0 aliphatic rings. The predicted molar refractivity (Wildman–Crippen MR) is 65.3 cm³/mol. The summed E-state index contributed by atoms with van der Waals surface area (Å²) in [5.41, 5.74) is 2.07. The van der Waals surface area contributed by atoms with E-state index in [1.165, 1.54) is 0 Å². The second-order valence-corrected chi connectivity index (χ2v) is 4.48. The van der Waals surface area contributed by atoms with E-state index in [2.05, 4.69) is 27.4 Å². The Morgan fingerprint density at radius 3 is 3.00 bits per heavy atom. The van der Waals surface area contributed by atoms with E-state index < -0.39 is 0 Å². The molecule has 5 heteroatoms. The molecule has 0 aromatic carbocycles. The van der Waals surface area contributed by atoms with Gasteiger partial charge in [0, 0.05) is 24.0 Å². The summed E-state index contributed by atoms with van der Waals surface area (Å²) in [6.07, 6.45) is 1.79. The summed E-state index contributed by atoms with van der Waals surface area (Å²) >= 11 is 1.62. The van der Waals surface area contributed by atoms with Gasteiger partial charge in [0.15, 0.2) is 0 Å². The summed E-state index contributed by atoms with van der Waals surface area (Å²) in [5.74, 6) is 0. The number of hydrogen-bond donors (Lipinski definition) is 1. The van der Waals surface area contributed by atoms with Crippen LogP contribution in [0.1, 0.15) is 17.6 Å². The molecule has 0 spiro atoms. The molecule has 0 aliphatic carbocycles. The van der Waals surface area contributed by atoms with Gasteiger partial charge in [-0.15, -0.1) is 10.2 Å². The van der Waals surface area contributed by atoms with Gasteiger partial charge >= 0.3 is 0 Å². The fraction of sp³-hybridized carbons (Fsp3) is 0.364. The minimum atomic E-state index is 0.785. The normalized spacial score (nSPS) is 10.6.